The average Bonchev–Trinajstić information content (AvgIpc) is 3.36. The predicted molar refractivity (Wildman–Crippen MR) is 144 cm³/mol. The molecule has 2 N–H and O–H groups in total. The number of carbonyl (C=O) groups is 2. The molecule has 1 aromatic carbocycles. The van der Waals surface area contributed by atoms with Crippen LogP contribution in [0.4, 0.5) is 22.0 Å². The highest BCUT2D eigenvalue weighted by atomic mass is 19.4. The molecule has 2 aromatic heterocycles. The number of allylic oxidation sites excluding steroid dienone is 1. The van der Waals surface area contributed by atoms with Crippen molar-refractivity contribution in [2.24, 2.45) is 0 Å². The third-order valence-electron chi connectivity index (χ3n) is 6.23. The predicted octanol–water partition coefficient (Wildman–Crippen LogP) is 5.79. The molecule has 0 radical (unpaired) electrons. The number of benzene rings is 1. The van der Waals surface area contributed by atoms with Gasteiger partial charge in [0.25, 0.3) is 11.8 Å². The largest absolute Gasteiger partial charge is 0.573 e. The average molecular weight is 589 g/mol. The number of nitrogens with one attached hydrogen (secondary N) is 2. The number of hydrogen-bond acceptors (Lipinski definition) is 6. The zero-order chi connectivity index (χ0) is 30.5. The molecule has 1 fully saturated rings. The number of piperidine rings is 1. The Kier molecular flexibility index (Phi) is 8.88. The Morgan fingerprint density at radius 3 is 2.57 bits per heavy atom. The zero-order valence-corrected chi connectivity index (χ0v) is 22.0. The molecule has 0 saturated carbocycles. The summed E-state index contributed by atoms with van der Waals surface area (Å²) in [5.74, 6) is -4.47. The highest BCUT2D eigenvalue weighted by molar-refractivity contribution is 6.10. The van der Waals surface area contributed by atoms with Crippen LogP contribution in [-0.2, 0) is 16.1 Å². The first-order valence-electron chi connectivity index (χ1n) is 12.6. The van der Waals surface area contributed by atoms with Gasteiger partial charge in [0.2, 0.25) is 5.91 Å². The molecule has 3 aromatic rings. The number of aromatic nitrogens is 1. The third kappa shape index (κ3) is 8.12. The molecule has 0 aliphatic carbocycles. The highest BCUT2D eigenvalue weighted by Crippen LogP contribution is 2.35. The van der Waals surface area contributed by atoms with Crippen molar-refractivity contribution in [3.63, 3.8) is 0 Å². The van der Waals surface area contributed by atoms with Crippen LogP contribution in [0.2, 0.25) is 0 Å². The summed E-state index contributed by atoms with van der Waals surface area (Å²) in [6.07, 6.45) is 2.31. The molecule has 8 nitrogen and oxygen atoms in total. The summed E-state index contributed by atoms with van der Waals surface area (Å²) < 4.78 is 75.9. The van der Waals surface area contributed by atoms with Gasteiger partial charge in [0.15, 0.2) is 11.3 Å². The maximum Gasteiger partial charge on any atom is 0.573 e. The monoisotopic (exact) mass is 588 g/mol. The molecule has 0 spiro atoms. The van der Waals surface area contributed by atoms with E-state index in [4.69, 9.17) is 9.83 Å². The molecule has 0 atom stereocenters. The van der Waals surface area contributed by atoms with E-state index >= 15 is 0 Å². The first-order chi connectivity index (χ1) is 19.8. The molecule has 220 valence electrons. The minimum absolute atomic E-state index is 0.00616. The van der Waals surface area contributed by atoms with Crippen molar-refractivity contribution in [2.45, 2.75) is 31.7 Å². The van der Waals surface area contributed by atoms with Crippen molar-refractivity contribution in [1.29, 1.82) is 5.41 Å². The summed E-state index contributed by atoms with van der Waals surface area (Å²) in [5.41, 5.74) is 0.103. The number of nitrogens with zero attached hydrogens (tertiary/aromatic N) is 2. The van der Waals surface area contributed by atoms with E-state index in [0.717, 1.165) is 12.1 Å². The van der Waals surface area contributed by atoms with Crippen LogP contribution >= 0.6 is 0 Å². The molecule has 0 unspecified atom stereocenters. The molecule has 0 bridgehead atoms. The van der Waals surface area contributed by atoms with Crippen molar-refractivity contribution in [3.8, 4) is 5.75 Å². The van der Waals surface area contributed by atoms with Crippen LogP contribution in [0.25, 0.3) is 17.0 Å². The van der Waals surface area contributed by atoms with Gasteiger partial charge in [-0.3, -0.25) is 14.6 Å². The van der Waals surface area contributed by atoms with E-state index in [1.54, 1.807) is 24.5 Å². The van der Waals surface area contributed by atoms with Crippen LogP contribution in [0.3, 0.4) is 0 Å². The van der Waals surface area contributed by atoms with E-state index in [9.17, 15) is 31.5 Å². The maximum absolute atomic E-state index is 13.4. The van der Waals surface area contributed by atoms with Crippen molar-refractivity contribution in [1.82, 2.24) is 15.2 Å². The number of hydrogen-bond donors (Lipinski definition) is 2. The Morgan fingerprint density at radius 2 is 1.90 bits per heavy atom. The van der Waals surface area contributed by atoms with Crippen molar-refractivity contribution in [2.75, 3.05) is 13.1 Å². The molecule has 42 heavy (non-hydrogen) atoms. The van der Waals surface area contributed by atoms with E-state index in [-0.39, 0.29) is 53.2 Å². The van der Waals surface area contributed by atoms with Gasteiger partial charge in [-0.15, -0.1) is 13.2 Å². The summed E-state index contributed by atoms with van der Waals surface area (Å²) in [7, 11) is 0. The summed E-state index contributed by atoms with van der Waals surface area (Å²) in [5, 5.41) is 11.1. The van der Waals surface area contributed by atoms with E-state index in [0.29, 0.717) is 5.56 Å². The van der Waals surface area contributed by atoms with Gasteiger partial charge >= 0.3 is 6.36 Å². The lowest BCUT2D eigenvalue weighted by molar-refractivity contribution is -0.274. The zero-order valence-electron chi connectivity index (χ0n) is 22.0. The maximum atomic E-state index is 13.4. The van der Waals surface area contributed by atoms with E-state index in [1.807, 2.05) is 0 Å². The van der Waals surface area contributed by atoms with Gasteiger partial charge in [-0.2, -0.15) is 0 Å². The molecule has 2 amide bonds. The molecule has 13 heteroatoms. The molecule has 1 saturated heterocycles. The Morgan fingerprint density at radius 1 is 1.17 bits per heavy atom. The van der Waals surface area contributed by atoms with Crippen LogP contribution in [0.5, 0.6) is 5.75 Å². The van der Waals surface area contributed by atoms with Gasteiger partial charge in [0, 0.05) is 60.9 Å². The quantitative estimate of drug-likeness (QED) is 0.142. The fourth-order valence-electron chi connectivity index (χ4n) is 4.09. The molecule has 3 heterocycles. The number of alkyl halides is 5. The topological polar surface area (TPSA) is 109 Å². The van der Waals surface area contributed by atoms with Crippen LogP contribution in [0.15, 0.2) is 77.5 Å². The lowest BCUT2D eigenvalue weighted by atomic mass is 10.0. The number of pyridine rings is 1. The summed E-state index contributed by atoms with van der Waals surface area (Å²) >= 11 is 0. The number of furan rings is 1. The lowest BCUT2D eigenvalue weighted by Crippen LogP contribution is -2.43. The second kappa shape index (κ2) is 12.4. The van der Waals surface area contributed by atoms with E-state index < -0.39 is 42.7 Å². The fraction of sp³-hybridized carbons (Fsp3) is 0.241. The Hall–Kier alpha value is -4.81. The fourth-order valence-corrected chi connectivity index (χ4v) is 4.09. The molecular weight excluding hydrogens is 563 g/mol. The van der Waals surface area contributed by atoms with Gasteiger partial charge < -0.3 is 24.8 Å². The number of amides is 2. The van der Waals surface area contributed by atoms with Gasteiger partial charge in [-0.05, 0) is 48.1 Å². The van der Waals surface area contributed by atoms with Gasteiger partial charge in [-0.25, -0.2) is 8.78 Å². The smallest absolute Gasteiger partial charge is 0.455 e. The molecular formula is C29H25F5N4O4. The first-order valence-corrected chi connectivity index (χ1v) is 12.6. The molecule has 4 rings (SSSR count). The van der Waals surface area contributed by atoms with Gasteiger partial charge in [-0.1, -0.05) is 12.6 Å². The van der Waals surface area contributed by atoms with E-state index in [1.165, 1.54) is 35.3 Å². The normalized spacial score (nSPS) is 15.3. The Labute approximate surface area is 236 Å². The van der Waals surface area contributed by atoms with Crippen LogP contribution in [-0.4, -0.2) is 52.8 Å². The van der Waals surface area contributed by atoms with Crippen LogP contribution in [0, 0.1) is 5.41 Å². The lowest BCUT2D eigenvalue weighted by Gasteiger charge is -2.31. The SMILES string of the molecule is C=C(/C=C\C(=N)c1cc(OC(F)(F)F)c2oc(CNC(=O)/C=C/c3cccnc3)cc2c1)C(=O)N1CCC(F)(F)CC1. The number of fused-ring (bicyclic) bond motifs is 1. The summed E-state index contributed by atoms with van der Waals surface area (Å²) in [6, 6.07) is 7.20. The van der Waals surface area contributed by atoms with Crippen LogP contribution < -0.4 is 10.1 Å². The number of ether oxygens (including phenoxy) is 1. The number of rotatable bonds is 9. The molecule has 1 aliphatic heterocycles. The second-order valence-electron chi connectivity index (χ2n) is 9.41. The standard InChI is InChI=1S/C29H25F5N4O4/c1-18(27(40)38-11-8-28(30,31)9-12-38)4-6-23(35)20-13-21-14-22(41-26(21)24(15-20)42-29(32,33)34)17-37-25(39)7-5-19-3-2-10-36-16-19/h2-7,10,13-16,35H,1,8-9,11-12,17H2,(H,37,39)/b6-4-,7-5+,35-23?. The number of halogens is 5. The first kappa shape index (κ1) is 30.2. The minimum atomic E-state index is -5.06. The van der Waals surface area contributed by atoms with Crippen molar-refractivity contribution in [3.05, 3.63) is 90.0 Å². The van der Waals surface area contributed by atoms with Crippen molar-refractivity contribution >= 4 is 34.6 Å². The Bertz CT molecular complexity index is 1550. The summed E-state index contributed by atoms with van der Waals surface area (Å²) in [4.78, 5) is 29.9. The van der Waals surface area contributed by atoms with Crippen LogP contribution in [0.1, 0.15) is 29.7 Å². The van der Waals surface area contributed by atoms with Gasteiger partial charge in [0.1, 0.15) is 5.76 Å². The molecule has 1 aliphatic rings. The van der Waals surface area contributed by atoms with Crippen molar-refractivity contribution < 1.29 is 40.7 Å². The second-order valence-corrected chi connectivity index (χ2v) is 9.41. The van der Waals surface area contributed by atoms with Gasteiger partial charge in [0.05, 0.1) is 12.3 Å². The Balaban J connectivity index is 1.48. The summed E-state index contributed by atoms with van der Waals surface area (Å²) in [6.45, 7) is 3.19. The number of carbonyl (C=O) groups excluding carboxylic acids is 2. The highest BCUT2D eigenvalue weighted by Gasteiger charge is 2.36. The van der Waals surface area contributed by atoms with E-state index in [2.05, 4.69) is 21.6 Å². The third-order valence-corrected chi connectivity index (χ3v) is 6.23. The number of likely N-dealkylation sites (tertiary alicyclic amines) is 1. The minimum Gasteiger partial charge on any atom is -0.455 e.